The molecule has 3 nitrogen and oxygen atoms in total. The van der Waals surface area contributed by atoms with E-state index < -0.39 is 0 Å². The summed E-state index contributed by atoms with van der Waals surface area (Å²) in [7, 11) is 0. The number of pyridine rings is 1. The Morgan fingerprint density at radius 2 is 2.11 bits per heavy atom. The molecule has 4 heteroatoms. The maximum absolute atomic E-state index is 13.1. The maximum atomic E-state index is 13.1. The zero-order valence-corrected chi connectivity index (χ0v) is 9.56. The van der Waals surface area contributed by atoms with Gasteiger partial charge in [-0.2, -0.15) is 0 Å². The molecule has 2 aromatic heterocycles. The Hall–Kier alpha value is -2.36. The third-order valence-corrected chi connectivity index (χ3v) is 2.82. The third-order valence-electron chi connectivity index (χ3n) is 2.82. The van der Waals surface area contributed by atoms with E-state index in [4.69, 9.17) is 10.2 Å². The van der Waals surface area contributed by atoms with Crippen LogP contribution in [0.5, 0.6) is 0 Å². The molecular weight excluding hydrogens is 231 g/mol. The number of nitrogens with zero attached hydrogens (tertiary/aromatic N) is 1. The Kier molecular flexibility index (Phi) is 2.48. The average Bonchev–Trinajstić information content (AvgIpc) is 2.73. The highest BCUT2D eigenvalue weighted by atomic mass is 19.1. The lowest BCUT2D eigenvalue weighted by Gasteiger charge is -2.00. The molecule has 0 saturated carbocycles. The quantitative estimate of drug-likeness (QED) is 0.751. The number of hydrogen-bond donors (Lipinski definition) is 1. The Morgan fingerprint density at radius 1 is 1.22 bits per heavy atom. The van der Waals surface area contributed by atoms with Crippen molar-refractivity contribution in [1.29, 1.82) is 0 Å². The van der Waals surface area contributed by atoms with Crippen LogP contribution in [0.4, 0.5) is 10.2 Å². The van der Waals surface area contributed by atoms with Gasteiger partial charge < -0.3 is 10.2 Å². The van der Waals surface area contributed by atoms with E-state index >= 15 is 0 Å². The number of aromatic nitrogens is 1. The van der Waals surface area contributed by atoms with Crippen LogP contribution in [-0.2, 0) is 6.42 Å². The predicted molar refractivity (Wildman–Crippen MR) is 67.6 cm³/mol. The van der Waals surface area contributed by atoms with Gasteiger partial charge in [0.15, 0.2) is 0 Å². The summed E-state index contributed by atoms with van der Waals surface area (Å²) in [6, 6.07) is 10.0. The Morgan fingerprint density at radius 3 is 2.94 bits per heavy atom. The molecule has 0 amide bonds. The molecule has 2 heterocycles. The van der Waals surface area contributed by atoms with E-state index in [9.17, 15) is 4.39 Å². The van der Waals surface area contributed by atoms with Gasteiger partial charge in [0, 0.05) is 23.6 Å². The normalized spacial score (nSPS) is 10.9. The average molecular weight is 242 g/mol. The fraction of sp³-hybridized carbons (Fsp3) is 0.0714. The standard InChI is InChI=1S/C14H11FN2O/c15-11-3-4-13-10(6-11)8-12(18-13)7-9-2-1-5-17-14(9)16/h1-6,8H,7H2,(H2,16,17). The minimum absolute atomic E-state index is 0.268. The first-order valence-electron chi connectivity index (χ1n) is 5.60. The molecule has 0 aliphatic rings. The van der Waals surface area contributed by atoms with Crippen molar-refractivity contribution < 1.29 is 8.81 Å². The Bertz CT molecular complexity index is 706. The van der Waals surface area contributed by atoms with Crippen molar-refractivity contribution in [3.05, 3.63) is 59.7 Å². The van der Waals surface area contributed by atoms with Gasteiger partial charge in [-0.25, -0.2) is 9.37 Å². The van der Waals surface area contributed by atoms with Crippen molar-refractivity contribution in [2.24, 2.45) is 0 Å². The van der Waals surface area contributed by atoms with Crippen LogP contribution in [0.25, 0.3) is 11.0 Å². The van der Waals surface area contributed by atoms with Crippen molar-refractivity contribution in [3.8, 4) is 0 Å². The number of fused-ring (bicyclic) bond motifs is 1. The van der Waals surface area contributed by atoms with E-state index in [0.29, 0.717) is 17.8 Å². The Labute approximate surface area is 103 Å². The summed E-state index contributed by atoms with van der Waals surface area (Å²) in [6.07, 6.45) is 2.20. The van der Waals surface area contributed by atoms with E-state index in [1.165, 1.54) is 12.1 Å². The van der Waals surface area contributed by atoms with E-state index in [2.05, 4.69) is 4.98 Å². The van der Waals surface area contributed by atoms with E-state index in [-0.39, 0.29) is 5.82 Å². The van der Waals surface area contributed by atoms with Crippen LogP contribution in [0.15, 0.2) is 47.0 Å². The summed E-state index contributed by atoms with van der Waals surface area (Å²) in [5.74, 6) is 0.968. The second-order valence-corrected chi connectivity index (χ2v) is 4.12. The molecule has 0 spiro atoms. The first-order valence-corrected chi connectivity index (χ1v) is 5.60. The lowest BCUT2D eigenvalue weighted by atomic mass is 10.1. The van der Waals surface area contributed by atoms with Crippen molar-refractivity contribution in [2.45, 2.75) is 6.42 Å². The molecule has 0 aliphatic heterocycles. The third kappa shape index (κ3) is 1.93. The molecule has 0 bridgehead atoms. The van der Waals surface area contributed by atoms with E-state index in [0.717, 1.165) is 16.7 Å². The summed E-state index contributed by atoms with van der Waals surface area (Å²) in [5, 5.41) is 0.757. The van der Waals surface area contributed by atoms with Gasteiger partial charge >= 0.3 is 0 Å². The molecule has 90 valence electrons. The summed E-state index contributed by atoms with van der Waals surface area (Å²) < 4.78 is 18.7. The first kappa shape index (κ1) is 10.8. The second kappa shape index (κ2) is 4.14. The number of anilines is 1. The molecule has 0 saturated heterocycles. The zero-order valence-electron chi connectivity index (χ0n) is 9.56. The van der Waals surface area contributed by atoms with Crippen LogP contribution in [0.1, 0.15) is 11.3 Å². The second-order valence-electron chi connectivity index (χ2n) is 4.12. The van der Waals surface area contributed by atoms with Gasteiger partial charge in [-0.05, 0) is 30.3 Å². The summed E-state index contributed by atoms with van der Waals surface area (Å²) >= 11 is 0. The molecule has 1 aromatic carbocycles. The molecule has 0 atom stereocenters. The highest BCUT2D eigenvalue weighted by Gasteiger charge is 2.07. The minimum atomic E-state index is -0.268. The van der Waals surface area contributed by atoms with Crippen LogP contribution in [0.2, 0.25) is 0 Å². The molecule has 0 radical (unpaired) electrons. The lowest BCUT2D eigenvalue weighted by molar-refractivity contribution is 0.561. The van der Waals surface area contributed by atoms with E-state index in [1.807, 2.05) is 18.2 Å². The topological polar surface area (TPSA) is 52.0 Å². The number of benzene rings is 1. The van der Waals surface area contributed by atoms with Crippen molar-refractivity contribution in [2.75, 3.05) is 5.73 Å². The van der Waals surface area contributed by atoms with Crippen LogP contribution >= 0.6 is 0 Å². The SMILES string of the molecule is Nc1ncccc1Cc1cc2cc(F)ccc2o1. The minimum Gasteiger partial charge on any atom is -0.461 e. The van der Waals surface area contributed by atoms with Gasteiger partial charge in [0.2, 0.25) is 0 Å². The van der Waals surface area contributed by atoms with Crippen LogP contribution in [-0.4, -0.2) is 4.98 Å². The zero-order chi connectivity index (χ0) is 12.5. The smallest absolute Gasteiger partial charge is 0.134 e. The summed E-state index contributed by atoms with van der Waals surface area (Å²) in [5.41, 5.74) is 7.35. The molecule has 0 unspecified atom stereocenters. The van der Waals surface area contributed by atoms with Gasteiger partial charge in [0.05, 0.1) is 0 Å². The molecule has 2 N–H and O–H groups in total. The summed E-state index contributed by atoms with van der Waals surface area (Å²) in [4.78, 5) is 4.02. The van der Waals surface area contributed by atoms with E-state index in [1.54, 1.807) is 12.3 Å². The van der Waals surface area contributed by atoms with Crippen LogP contribution in [0, 0.1) is 5.82 Å². The van der Waals surface area contributed by atoms with Crippen LogP contribution in [0.3, 0.4) is 0 Å². The molecule has 0 fully saturated rings. The maximum Gasteiger partial charge on any atom is 0.134 e. The molecule has 0 aliphatic carbocycles. The highest BCUT2D eigenvalue weighted by molar-refractivity contribution is 5.78. The monoisotopic (exact) mass is 242 g/mol. The fourth-order valence-corrected chi connectivity index (χ4v) is 1.94. The fourth-order valence-electron chi connectivity index (χ4n) is 1.94. The van der Waals surface area contributed by atoms with Crippen molar-refractivity contribution in [1.82, 2.24) is 4.98 Å². The largest absolute Gasteiger partial charge is 0.461 e. The molecule has 3 rings (SSSR count). The predicted octanol–water partition coefficient (Wildman–Crippen LogP) is 3.14. The molecule has 3 aromatic rings. The van der Waals surface area contributed by atoms with Crippen LogP contribution < -0.4 is 5.73 Å². The number of hydrogen-bond acceptors (Lipinski definition) is 3. The number of halogens is 1. The lowest BCUT2D eigenvalue weighted by Crippen LogP contribution is -1.97. The van der Waals surface area contributed by atoms with Gasteiger partial charge in [-0.3, -0.25) is 0 Å². The Balaban J connectivity index is 1.98. The first-order chi connectivity index (χ1) is 8.72. The number of rotatable bonds is 2. The van der Waals surface area contributed by atoms with Crippen molar-refractivity contribution in [3.63, 3.8) is 0 Å². The van der Waals surface area contributed by atoms with Gasteiger partial charge in [0.1, 0.15) is 23.0 Å². The van der Waals surface area contributed by atoms with Gasteiger partial charge in [0.25, 0.3) is 0 Å². The van der Waals surface area contributed by atoms with Crippen molar-refractivity contribution >= 4 is 16.8 Å². The number of nitrogens with two attached hydrogens (primary N) is 1. The van der Waals surface area contributed by atoms with Gasteiger partial charge in [-0.1, -0.05) is 6.07 Å². The molecule has 18 heavy (non-hydrogen) atoms. The number of furan rings is 1. The number of nitrogen functional groups attached to an aromatic ring is 1. The summed E-state index contributed by atoms with van der Waals surface area (Å²) in [6.45, 7) is 0. The molecular formula is C14H11FN2O. The van der Waals surface area contributed by atoms with Gasteiger partial charge in [-0.15, -0.1) is 0 Å². The highest BCUT2D eigenvalue weighted by Crippen LogP contribution is 2.23.